The third-order valence-corrected chi connectivity index (χ3v) is 5.52. The average molecular weight is 453 g/mol. The summed E-state index contributed by atoms with van der Waals surface area (Å²) in [6.45, 7) is 3.41. The Bertz CT molecular complexity index is 1030. The van der Waals surface area contributed by atoms with E-state index in [1.807, 2.05) is 36.4 Å². The van der Waals surface area contributed by atoms with Crippen molar-refractivity contribution >= 4 is 51.5 Å². The van der Waals surface area contributed by atoms with Crippen LogP contribution in [0, 0.1) is 0 Å². The molecule has 2 aromatic carbocycles. The number of ether oxygens (including phenoxy) is 1. The number of fused-ring (bicyclic) bond motifs is 1. The van der Waals surface area contributed by atoms with Crippen molar-refractivity contribution in [2.24, 2.45) is 0 Å². The van der Waals surface area contributed by atoms with Crippen molar-refractivity contribution in [1.29, 1.82) is 0 Å². The summed E-state index contributed by atoms with van der Waals surface area (Å²) in [6.07, 6.45) is 0. The molecule has 0 aliphatic carbocycles. The lowest BCUT2D eigenvalue weighted by atomic mass is 10.0. The third kappa shape index (κ3) is 4.21. The highest BCUT2D eigenvalue weighted by Gasteiger charge is 2.30. The van der Waals surface area contributed by atoms with E-state index in [9.17, 15) is 0 Å². The number of rotatable bonds is 3. The number of piperazine rings is 1. The van der Waals surface area contributed by atoms with E-state index in [4.69, 9.17) is 44.5 Å². The second-order valence-electron chi connectivity index (χ2n) is 6.93. The number of hydrogen-bond acceptors (Lipinski definition) is 6. The maximum Gasteiger partial charge on any atom is 0.250 e. The molecule has 1 saturated heterocycles. The fourth-order valence-corrected chi connectivity index (χ4v) is 3.66. The zero-order chi connectivity index (χ0) is 20.6. The van der Waals surface area contributed by atoms with Crippen molar-refractivity contribution < 1.29 is 4.74 Å². The van der Waals surface area contributed by atoms with Crippen molar-refractivity contribution in [3.8, 4) is 17.1 Å². The van der Waals surface area contributed by atoms with E-state index in [2.05, 4.69) is 26.8 Å². The number of anilines is 1. The first kappa shape index (κ1) is 20.4. The molecule has 29 heavy (non-hydrogen) atoms. The second kappa shape index (κ2) is 8.11. The quantitative estimate of drug-likeness (QED) is 0.553. The van der Waals surface area contributed by atoms with Crippen molar-refractivity contribution in [3.63, 3.8) is 0 Å². The summed E-state index contributed by atoms with van der Waals surface area (Å²) in [5.41, 5.74) is 0.828. The molecule has 3 aromatic rings. The number of alkyl halides is 3. The molecule has 1 aromatic heterocycles. The molecule has 4 rings (SSSR count). The highest BCUT2D eigenvalue weighted by Crippen LogP contribution is 2.38. The van der Waals surface area contributed by atoms with E-state index >= 15 is 0 Å². The van der Waals surface area contributed by atoms with Crippen LogP contribution in [0.15, 0.2) is 36.4 Å². The van der Waals surface area contributed by atoms with Gasteiger partial charge in [-0.15, -0.1) is 0 Å². The van der Waals surface area contributed by atoms with Gasteiger partial charge in [0.05, 0.1) is 7.11 Å². The number of aromatic nitrogens is 3. The molecule has 0 bridgehead atoms. The molecule has 0 radical (unpaired) electrons. The van der Waals surface area contributed by atoms with Crippen LogP contribution in [0.4, 0.5) is 5.95 Å². The largest absolute Gasteiger partial charge is 0.496 e. The highest BCUT2D eigenvalue weighted by atomic mass is 35.6. The molecule has 2 heterocycles. The van der Waals surface area contributed by atoms with Gasteiger partial charge in [0, 0.05) is 37.1 Å². The highest BCUT2D eigenvalue weighted by molar-refractivity contribution is 6.66. The zero-order valence-electron chi connectivity index (χ0n) is 16.1. The van der Waals surface area contributed by atoms with Gasteiger partial charge < -0.3 is 14.5 Å². The Morgan fingerprint density at radius 3 is 2.24 bits per heavy atom. The molecule has 1 aliphatic rings. The van der Waals surface area contributed by atoms with Crippen molar-refractivity contribution in [2.45, 2.75) is 3.79 Å². The molecule has 1 fully saturated rings. The van der Waals surface area contributed by atoms with Gasteiger partial charge in [-0.05, 0) is 24.6 Å². The minimum atomic E-state index is -1.75. The molecule has 152 valence electrons. The number of nitrogens with zero attached hydrogens (tertiary/aromatic N) is 5. The molecule has 0 N–H and O–H groups in total. The summed E-state index contributed by atoms with van der Waals surface area (Å²) in [5, 5.41) is 1.92. The van der Waals surface area contributed by atoms with E-state index < -0.39 is 3.79 Å². The first-order chi connectivity index (χ1) is 13.9. The van der Waals surface area contributed by atoms with Gasteiger partial charge in [-0.25, -0.2) is 4.98 Å². The molecular formula is C20H20Cl3N5O. The van der Waals surface area contributed by atoms with Crippen LogP contribution in [0.1, 0.15) is 5.82 Å². The Hall–Kier alpha value is -1.86. The molecule has 0 saturated carbocycles. The lowest BCUT2D eigenvalue weighted by molar-refractivity contribution is 0.311. The first-order valence-corrected chi connectivity index (χ1v) is 10.3. The molecule has 0 amide bonds. The molecule has 9 heteroatoms. The van der Waals surface area contributed by atoms with Crippen LogP contribution in [0.25, 0.3) is 22.2 Å². The fraction of sp³-hybridized carbons (Fsp3) is 0.350. The van der Waals surface area contributed by atoms with E-state index in [1.54, 1.807) is 7.11 Å². The summed E-state index contributed by atoms with van der Waals surface area (Å²) in [5.74, 6) is 1.87. The smallest absolute Gasteiger partial charge is 0.250 e. The van der Waals surface area contributed by atoms with E-state index in [0.29, 0.717) is 11.8 Å². The zero-order valence-corrected chi connectivity index (χ0v) is 18.3. The molecule has 1 aliphatic heterocycles. The average Bonchev–Trinajstić information content (AvgIpc) is 2.72. The van der Waals surface area contributed by atoms with Gasteiger partial charge in [0.1, 0.15) is 5.75 Å². The number of halogens is 3. The summed E-state index contributed by atoms with van der Waals surface area (Å²) in [4.78, 5) is 18.0. The Labute approximate surface area is 184 Å². The number of benzene rings is 2. The van der Waals surface area contributed by atoms with Crippen LogP contribution in [-0.2, 0) is 3.79 Å². The molecular weight excluding hydrogens is 433 g/mol. The Kier molecular flexibility index (Phi) is 5.71. The Morgan fingerprint density at radius 2 is 1.59 bits per heavy atom. The topological polar surface area (TPSA) is 54.4 Å². The predicted octanol–water partition coefficient (Wildman–Crippen LogP) is 4.28. The lowest BCUT2D eigenvalue weighted by Crippen LogP contribution is -2.45. The van der Waals surface area contributed by atoms with Crippen molar-refractivity contribution in [2.75, 3.05) is 45.2 Å². The van der Waals surface area contributed by atoms with Crippen LogP contribution in [0.3, 0.4) is 0 Å². The lowest BCUT2D eigenvalue weighted by Gasteiger charge is -2.32. The summed E-state index contributed by atoms with van der Waals surface area (Å²) in [7, 11) is 3.74. The molecule has 6 nitrogen and oxygen atoms in total. The number of methoxy groups -OCH3 is 1. The summed E-state index contributed by atoms with van der Waals surface area (Å²) in [6, 6.07) is 11.7. The van der Waals surface area contributed by atoms with Gasteiger partial charge >= 0.3 is 0 Å². The first-order valence-electron chi connectivity index (χ1n) is 9.19. The van der Waals surface area contributed by atoms with Crippen LogP contribution >= 0.6 is 34.8 Å². The molecule has 0 atom stereocenters. The predicted molar refractivity (Wildman–Crippen MR) is 118 cm³/mol. The Morgan fingerprint density at radius 1 is 0.897 bits per heavy atom. The van der Waals surface area contributed by atoms with Gasteiger partial charge in [0.2, 0.25) is 9.74 Å². The van der Waals surface area contributed by atoms with Gasteiger partial charge in [0.25, 0.3) is 0 Å². The van der Waals surface area contributed by atoms with Crippen LogP contribution in [0.5, 0.6) is 5.75 Å². The standard InChI is InChI=1S/C20H20Cl3N5O/c1-27-9-11-28(12-10-27)19-25-17(24-18(26-19)20(21,22)23)15-7-8-16(29-2)14-6-4-3-5-13(14)15/h3-8H,9-12H2,1-2H3. The van der Waals surface area contributed by atoms with Crippen molar-refractivity contribution in [1.82, 2.24) is 19.9 Å². The van der Waals surface area contributed by atoms with Crippen LogP contribution in [0.2, 0.25) is 0 Å². The SMILES string of the molecule is COc1ccc(-c2nc(N3CCN(C)CC3)nc(C(Cl)(Cl)Cl)n2)c2ccccc12. The maximum atomic E-state index is 6.15. The minimum Gasteiger partial charge on any atom is -0.496 e. The number of likely N-dealkylation sites (N-methyl/N-ethyl adjacent to an activating group) is 1. The van der Waals surface area contributed by atoms with Crippen LogP contribution in [-0.4, -0.2) is 60.2 Å². The minimum absolute atomic E-state index is 0.112. The van der Waals surface area contributed by atoms with Gasteiger partial charge in [-0.3, -0.25) is 0 Å². The summed E-state index contributed by atoms with van der Waals surface area (Å²) >= 11 is 18.4. The monoisotopic (exact) mass is 451 g/mol. The van der Waals surface area contributed by atoms with Gasteiger partial charge in [0.15, 0.2) is 11.6 Å². The molecule has 0 spiro atoms. The fourth-order valence-electron chi connectivity index (χ4n) is 3.40. The second-order valence-corrected chi connectivity index (χ2v) is 9.21. The van der Waals surface area contributed by atoms with E-state index in [1.165, 1.54) is 0 Å². The van der Waals surface area contributed by atoms with E-state index in [-0.39, 0.29) is 5.82 Å². The molecule has 0 unspecified atom stereocenters. The normalized spacial score (nSPS) is 15.7. The van der Waals surface area contributed by atoms with Gasteiger partial charge in [-0.2, -0.15) is 9.97 Å². The number of hydrogen-bond donors (Lipinski definition) is 0. The van der Waals surface area contributed by atoms with E-state index in [0.717, 1.165) is 48.3 Å². The maximum absolute atomic E-state index is 6.15. The summed E-state index contributed by atoms with van der Waals surface area (Å²) < 4.78 is 3.75. The van der Waals surface area contributed by atoms with Crippen molar-refractivity contribution in [3.05, 3.63) is 42.2 Å². The van der Waals surface area contributed by atoms with Crippen LogP contribution < -0.4 is 9.64 Å². The third-order valence-electron chi connectivity index (χ3n) is 5.01. The Balaban J connectivity index is 1.88. The van der Waals surface area contributed by atoms with Gasteiger partial charge in [-0.1, -0.05) is 59.1 Å².